The number of ether oxygens (including phenoxy) is 1. The molecule has 1 aromatic rings. The van der Waals surface area contributed by atoms with Crippen molar-refractivity contribution in [3.63, 3.8) is 0 Å². The molecular weight excluding hydrogens is 234 g/mol. The topological polar surface area (TPSA) is 68.5 Å². The third-order valence-electron chi connectivity index (χ3n) is 2.26. The quantitative estimate of drug-likeness (QED) is 0.837. The third-order valence-corrected chi connectivity index (χ3v) is 2.26. The highest BCUT2D eigenvalue weighted by Crippen LogP contribution is 2.21. The summed E-state index contributed by atoms with van der Waals surface area (Å²) < 4.78 is 10.4. The SMILES string of the molecule is C[C@H](C=O)[C@@H](NC(=O)OC(C)(C)C)c1ccco1. The molecule has 5 heteroatoms. The Bertz CT molecular complexity index is 392. The van der Waals surface area contributed by atoms with E-state index in [-0.39, 0.29) is 0 Å². The van der Waals surface area contributed by atoms with Crippen molar-refractivity contribution >= 4 is 12.4 Å². The number of furan rings is 1. The summed E-state index contributed by atoms with van der Waals surface area (Å²) in [6, 6.07) is 2.89. The number of amides is 1. The lowest BCUT2D eigenvalue weighted by atomic mass is 10.0. The molecule has 0 aliphatic heterocycles. The van der Waals surface area contributed by atoms with Gasteiger partial charge in [-0.15, -0.1) is 0 Å². The van der Waals surface area contributed by atoms with E-state index in [4.69, 9.17) is 9.15 Å². The van der Waals surface area contributed by atoms with Crippen LogP contribution in [0.15, 0.2) is 22.8 Å². The maximum absolute atomic E-state index is 11.7. The van der Waals surface area contributed by atoms with Gasteiger partial charge >= 0.3 is 6.09 Å². The lowest BCUT2D eigenvalue weighted by Gasteiger charge is -2.24. The predicted octanol–water partition coefficient (Wildman–Crippen LogP) is 2.68. The van der Waals surface area contributed by atoms with E-state index in [1.54, 1.807) is 39.8 Å². The molecule has 0 spiro atoms. The Kier molecular flexibility index (Phi) is 4.53. The van der Waals surface area contributed by atoms with Gasteiger partial charge in [-0.1, -0.05) is 6.92 Å². The van der Waals surface area contributed by atoms with Crippen molar-refractivity contribution in [3.05, 3.63) is 24.2 Å². The van der Waals surface area contributed by atoms with Crippen LogP contribution in [0.25, 0.3) is 0 Å². The van der Waals surface area contributed by atoms with Gasteiger partial charge in [-0.2, -0.15) is 0 Å². The van der Waals surface area contributed by atoms with Gasteiger partial charge in [0, 0.05) is 5.92 Å². The summed E-state index contributed by atoms with van der Waals surface area (Å²) in [6.07, 6.45) is 1.69. The zero-order chi connectivity index (χ0) is 13.8. The Balaban J connectivity index is 2.74. The van der Waals surface area contributed by atoms with E-state index in [0.717, 1.165) is 6.29 Å². The van der Waals surface area contributed by atoms with Crippen LogP contribution in [0.2, 0.25) is 0 Å². The fourth-order valence-electron chi connectivity index (χ4n) is 1.44. The van der Waals surface area contributed by atoms with Crippen molar-refractivity contribution < 1.29 is 18.7 Å². The van der Waals surface area contributed by atoms with Gasteiger partial charge in [0.05, 0.1) is 12.3 Å². The number of hydrogen-bond donors (Lipinski definition) is 1. The highest BCUT2D eigenvalue weighted by Gasteiger charge is 2.26. The van der Waals surface area contributed by atoms with Crippen molar-refractivity contribution in [2.24, 2.45) is 5.92 Å². The Labute approximate surface area is 106 Å². The normalized spacial score (nSPS) is 14.7. The zero-order valence-electron chi connectivity index (χ0n) is 11.1. The van der Waals surface area contributed by atoms with E-state index in [1.165, 1.54) is 6.26 Å². The van der Waals surface area contributed by atoms with Crippen LogP contribution in [-0.2, 0) is 9.53 Å². The molecule has 1 heterocycles. The molecule has 0 saturated carbocycles. The zero-order valence-corrected chi connectivity index (χ0v) is 11.1. The minimum atomic E-state index is -0.581. The molecule has 1 N–H and O–H groups in total. The average molecular weight is 253 g/mol. The molecule has 0 aromatic carbocycles. The summed E-state index contributed by atoms with van der Waals surface area (Å²) in [5.74, 6) is 0.129. The number of nitrogens with one attached hydrogen (secondary N) is 1. The molecule has 0 unspecified atom stereocenters. The van der Waals surface area contributed by atoms with Crippen LogP contribution in [0.4, 0.5) is 4.79 Å². The molecule has 2 atom stereocenters. The van der Waals surface area contributed by atoms with Gasteiger partial charge < -0.3 is 19.3 Å². The summed E-state index contributed by atoms with van der Waals surface area (Å²) in [6.45, 7) is 7.03. The van der Waals surface area contributed by atoms with Crippen molar-refractivity contribution in [1.29, 1.82) is 0 Å². The van der Waals surface area contributed by atoms with Crippen molar-refractivity contribution in [2.45, 2.75) is 39.3 Å². The second kappa shape index (κ2) is 5.71. The number of carbonyl (C=O) groups is 2. The smallest absolute Gasteiger partial charge is 0.408 e. The molecule has 0 fully saturated rings. The largest absolute Gasteiger partial charge is 0.467 e. The molecule has 100 valence electrons. The molecule has 0 saturated heterocycles. The molecule has 1 aromatic heterocycles. The molecule has 0 radical (unpaired) electrons. The molecule has 0 bridgehead atoms. The van der Waals surface area contributed by atoms with E-state index < -0.39 is 23.7 Å². The van der Waals surface area contributed by atoms with E-state index >= 15 is 0 Å². The Morgan fingerprint density at radius 3 is 2.61 bits per heavy atom. The minimum absolute atomic E-state index is 0.399. The maximum Gasteiger partial charge on any atom is 0.408 e. The molecule has 18 heavy (non-hydrogen) atoms. The van der Waals surface area contributed by atoms with Crippen LogP contribution in [-0.4, -0.2) is 18.0 Å². The van der Waals surface area contributed by atoms with Crippen LogP contribution >= 0.6 is 0 Å². The fraction of sp³-hybridized carbons (Fsp3) is 0.538. The van der Waals surface area contributed by atoms with Crippen LogP contribution in [0, 0.1) is 5.92 Å². The van der Waals surface area contributed by atoms with Crippen molar-refractivity contribution in [2.75, 3.05) is 0 Å². The summed E-state index contributed by atoms with van der Waals surface area (Å²) in [5.41, 5.74) is -0.581. The van der Waals surface area contributed by atoms with Crippen LogP contribution in [0.5, 0.6) is 0 Å². The summed E-state index contributed by atoms with van der Waals surface area (Å²) in [7, 11) is 0. The van der Waals surface area contributed by atoms with Gasteiger partial charge in [0.1, 0.15) is 17.6 Å². The molecule has 0 aliphatic carbocycles. The van der Waals surface area contributed by atoms with Gasteiger partial charge in [-0.25, -0.2) is 4.79 Å². The first kappa shape index (κ1) is 14.3. The predicted molar refractivity (Wildman–Crippen MR) is 66.0 cm³/mol. The van der Waals surface area contributed by atoms with Gasteiger partial charge in [-0.3, -0.25) is 0 Å². The first-order valence-electron chi connectivity index (χ1n) is 5.81. The van der Waals surface area contributed by atoms with E-state index in [9.17, 15) is 9.59 Å². The lowest BCUT2D eigenvalue weighted by Crippen LogP contribution is -2.37. The van der Waals surface area contributed by atoms with Gasteiger partial charge in [0.15, 0.2) is 0 Å². The molecule has 1 rings (SSSR count). The Hall–Kier alpha value is -1.78. The van der Waals surface area contributed by atoms with Crippen LogP contribution in [0.1, 0.15) is 39.5 Å². The number of aldehydes is 1. The van der Waals surface area contributed by atoms with E-state index in [0.29, 0.717) is 5.76 Å². The van der Waals surface area contributed by atoms with Crippen LogP contribution < -0.4 is 5.32 Å². The molecule has 1 amide bonds. The average Bonchev–Trinajstić information content (AvgIpc) is 2.75. The number of rotatable bonds is 4. The number of alkyl carbamates (subject to hydrolysis) is 1. The standard InChI is InChI=1S/C13H19NO4/c1-9(8-15)11(10-6-5-7-17-10)14-12(16)18-13(2,3)4/h5-9,11H,1-4H3,(H,14,16)/t9-,11-/m1/s1. The second-order valence-electron chi connectivity index (χ2n) is 5.13. The number of hydrogen-bond acceptors (Lipinski definition) is 4. The number of carbonyl (C=O) groups excluding carboxylic acids is 2. The summed E-state index contributed by atoms with van der Waals surface area (Å²) in [4.78, 5) is 22.6. The minimum Gasteiger partial charge on any atom is -0.467 e. The van der Waals surface area contributed by atoms with E-state index in [2.05, 4.69) is 5.32 Å². The highest BCUT2D eigenvalue weighted by atomic mass is 16.6. The summed E-state index contributed by atoms with van der Waals surface area (Å²) >= 11 is 0. The third kappa shape index (κ3) is 4.24. The first-order chi connectivity index (χ1) is 8.33. The van der Waals surface area contributed by atoms with E-state index in [1.807, 2.05) is 0 Å². The van der Waals surface area contributed by atoms with Gasteiger partial charge in [0.25, 0.3) is 0 Å². The maximum atomic E-state index is 11.7. The Morgan fingerprint density at radius 1 is 1.50 bits per heavy atom. The Morgan fingerprint density at radius 2 is 2.17 bits per heavy atom. The highest BCUT2D eigenvalue weighted by molar-refractivity contribution is 5.69. The first-order valence-corrected chi connectivity index (χ1v) is 5.81. The second-order valence-corrected chi connectivity index (χ2v) is 5.13. The lowest BCUT2D eigenvalue weighted by molar-refractivity contribution is -0.111. The molecular formula is C13H19NO4. The summed E-state index contributed by atoms with van der Waals surface area (Å²) in [5, 5.41) is 2.64. The monoisotopic (exact) mass is 253 g/mol. The van der Waals surface area contributed by atoms with Gasteiger partial charge in [0.2, 0.25) is 0 Å². The fourth-order valence-corrected chi connectivity index (χ4v) is 1.44. The molecule has 0 aliphatic rings. The van der Waals surface area contributed by atoms with Crippen LogP contribution in [0.3, 0.4) is 0 Å². The van der Waals surface area contributed by atoms with Gasteiger partial charge in [-0.05, 0) is 32.9 Å². The van der Waals surface area contributed by atoms with Crippen molar-refractivity contribution in [3.8, 4) is 0 Å². The van der Waals surface area contributed by atoms with Crippen molar-refractivity contribution in [1.82, 2.24) is 5.32 Å². The molecule has 5 nitrogen and oxygen atoms in total.